The molecule has 7 heteroatoms. The maximum absolute atomic E-state index is 11.8. The van der Waals surface area contributed by atoms with Crippen LogP contribution in [0.1, 0.15) is 25.7 Å². The number of methoxy groups -OCH3 is 1. The van der Waals surface area contributed by atoms with Gasteiger partial charge in [-0.05, 0) is 6.42 Å². The molecule has 0 radical (unpaired) electrons. The van der Waals surface area contributed by atoms with Crippen molar-refractivity contribution < 1.29 is 29.0 Å². The number of carboxylic acids is 1. The first kappa shape index (κ1) is 15.4. The third-order valence-corrected chi connectivity index (χ3v) is 2.89. The van der Waals surface area contributed by atoms with Gasteiger partial charge in [0.05, 0.1) is 26.2 Å². The number of carboxylic acid groups (broad SMARTS) is 1. The van der Waals surface area contributed by atoms with E-state index in [0.29, 0.717) is 26.1 Å². The highest BCUT2D eigenvalue weighted by atomic mass is 16.5. The number of carbonyl (C=O) groups excluding carboxylic acids is 2. The molecular weight excluding hydrogens is 254 g/mol. The zero-order valence-corrected chi connectivity index (χ0v) is 11.0. The summed E-state index contributed by atoms with van der Waals surface area (Å²) >= 11 is 0. The minimum Gasteiger partial charge on any atom is -0.481 e. The second kappa shape index (κ2) is 7.73. The maximum atomic E-state index is 11.8. The Bertz CT molecular complexity index is 343. The zero-order chi connectivity index (χ0) is 14.3. The summed E-state index contributed by atoms with van der Waals surface area (Å²) in [6.45, 7) is 1.21. The summed E-state index contributed by atoms with van der Waals surface area (Å²) in [6.07, 6.45) is 0.297. The molecule has 1 atom stereocenters. The van der Waals surface area contributed by atoms with E-state index in [1.54, 1.807) is 4.90 Å². The lowest BCUT2D eigenvalue weighted by Crippen LogP contribution is -2.46. The van der Waals surface area contributed by atoms with E-state index >= 15 is 0 Å². The number of aliphatic carboxylic acids is 1. The van der Waals surface area contributed by atoms with Gasteiger partial charge in [-0.15, -0.1) is 0 Å². The van der Waals surface area contributed by atoms with E-state index < -0.39 is 5.97 Å². The van der Waals surface area contributed by atoms with Gasteiger partial charge < -0.3 is 19.5 Å². The van der Waals surface area contributed by atoms with Crippen molar-refractivity contribution in [3.05, 3.63) is 0 Å². The number of hydrogen-bond donors (Lipinski definition) is 1. The number of carbonyl (C=O) groups is 3. The normalized spacial score (nSPS) is 19.0. The molecule has 0 aromatic carbocycles. The van der Waals surface area contributed by atoms with Crippen molar-refractivity contribution >= 4 is 17.8 Å². The van der Waals surface area contributed by atoms with Gasteiger partial charge in [0.25, 0.3) is 0 Å². The van der Waals surface area contributed by atoms with Gasteiger partial charge in [-0.3, -0.25) is 14.4 Å². The molecule has 1 saturated heterocycles. The summed E-state index contributed by atoms with van der Waals surface area (Å²) in [5.41, 5.74) is 0. The largest absolute Gasteiger partial charge is 0.481 e. The molecule has 1 unspecified atom stereocenters. The fourth-order valence-electron chi connectivity index (χ4n) is 1.89. The number of morpholine rings is 1. The monoisotopic (exact) mass is 273 g/mol. The fraction of sp³-hybridized carbons (Fsp3) is 0.750. The van der Waals surface area contributed by atoms with Gasteiger partial charge in [0.15, 0.2) is 0 Å². The standard InChI is InChI=1S/C12H19NO6/c1-18-12(17)7-9-8-13(5-6-19-9)10(14)3-2-4-11(15)16/h9H,2-8H2,1H3,(H,15,16). The van der Waals surface area contributed by atoms with Gasteiger partial charge in [-0.2, -0.15) is 0 Å². The highest BCUT2D eigenvalue weighted by Gasteiger charge is 2.25. The van der Waals surface area contributed by atoms with E-state index in [9.17, 15) is 14.4 Å². The van der Waals surface area contributed by atoms with E-state index in [2.05, 4.69) is 4.74 Å². The summed E-state index contributed by atoms with van der Waals surface area (Å²) < 4.78 is 9.94. The molecular formula is C12H19NO6. The molecule has 1 rings (SSSR count). The number of hydrogen-bond acceptors (Lipinski definition) is 5. The lowest BCUT2D eigenvalue weighted by atomic mass is 10.1. The SMILES string of the molecule is COC(=O)CC1CN(C(=O)CCCC(=O)O)CCO1. The average Bonchev–Trinajstić information content (AvgIpc) is 2.38. The second-order valence-corrected chi connectivity index (χ2v) is 4.36. The molecule has 1 amide bonds. The highest BCUT2D eigenvalue weighted by molar-refractivity contribution is 5.77. The number of rotatable bonds is 6. The molecule has 0 bridgehead atoms. The van der Waals surface area contributed by atoms with Crippen LogP contribution in [-0.4, -0.2) is 60.8 Å². The Labute approximate surface area is 111 Å². The molecule has 1 N–H and O–H groups in total. The summed E-state index contributed by atoms with van der Waals surface area (Å²) in [4.78, 5) is 35.0. The lowest BCUT2D eigenvalue weighted by molar-refractivity contribution is -0.150. The van der Waals surface area contributed by atoms with Crippen LogP contribution < -0.4 is 0 Å². The van der Waals surface area contributed by atoms with Gasteiger partial charge in [-0.1, -0.05) is 0 Å². The van der Waals surface area contributed by atoms with Gasteiger partial charge >= 0.3 is 11.9 Å². The van der Waals surface area contributed by atoms with Gasteiger partial charge in [-0.25, -0.2) is 0 Å². The van der Waals surface area contributed by atoms with Crippen molar-refractivity contribution in [3.63, 3.8) is 0 Å². The summed E-state index contributed by atoms with van der Waals surface area (Å²) in [6, 6.07) is 0. The molecule has 0 aromatic rings. The topological polar surface area (TPSA) is 93.1 Å². The van der Waals surface area contributed by atoms with Crippen LogP contribution in [0.2, 0.25) is 0 Å². The Balaban J connectivity index is 2.34. The Hall–Kier alpha value is -1.63. The second-order valence-electron chi connectivity index (χ2n) is 4.36. The first-order chi connectivity index (χ1) is 9.02. The highest BCUT2D eigenvalue weighted by Crippen LogP contribution is 2.11. The Morgan fingerprint density at radius 1 is 1.37 bits per heavy atom. The average molecular weight is 273 g/mol. The molecule has 0 aromatic heterocycles. The maximum Gasteiger partial charge on any atom is 0.308 e. The van der Waals surface area contributed by atoms with Crippen molar-refractivity contribution in [2.24, 2.45) is 0 Å². The summed E-state index contributed by atoms with van der Waals surface area (Å²) in [5.74, 6) is -1.37. The third kappa shape index (κ3) is 5.69. The molecule has 0 aliphatic carbocycles. The summed E-state index contributed by atoms with van der Waals surface area (Å²) in [5, 5.41) is 8.51. The molecule has 19 heavy (non-hydrogen) atoms. The van der Waals surface area contributed by atoms with Crippen LogP contribution in [0, 0.1) is 0 Å². The Kier molecular flexibility index (Phi) is 6.27. The number of nitrogens with zero attached hydrogens (tertiary/aromatic N) is 1. The fourth-order valence-corrected chi connectivity index (χ4v) is 1.89. The molecule has 1 aliphatic heterocycles. The van der Waals surface area contributed by atoms with Crippen molar-refractivity contribution in [2.45, 2.75) is 31.8 Å². The van der Waals surface area contributed by atoms with Crippen LogP contribution >= 0.6 is 0 Å². The van der Waals surface area contributed by atoms with Gasteiger partial charge in [0.1, 0.15) is 0 Å². The molecule has 7 nitrogen and oxygen atoms in total. The predicted octanol–water partition coefficient (Wildman–Crippen LogP) is 0.0318. The Morgan fingerprint density at radius 2 is 2.11 bits per heavy atom. The zero-order valence-electron chi connectivity index (χ0n) is 11.0. The van der Waals surface area contributed by atoms with Crippen LogP contribution in [0.5, 0.6) is 0 Å². The smallest absolute Gasteiger partial charge is 0.308 e. The minimum atomic E-state index is -0.904. The van der Waals surface area contributed by atoms with Crippen LogP contribution in [0.15, 0.2) is 0 Å². The number of amides is 1. The van der Waals surface area contributed by atoms with E-state index in [1.807, 2.05) is 0 Å². The molecule has 108 valence electrons. The summed E-state index contributed by atoms with van der Waals surface area (Å²) in [7, 11) is 1.31. The third-order valence-electron chi connectivity index (χ3n) is 2.89. The van der Waals surface area contributed by atoms with E-state index in [0.717, 1.165) is 0 Å². The molecule has 0 spiro atoms. The van der Waals surface area contributed by atoms with Crippen LogP contribution in [-0.2, 0) is 23.9 Å². The quantitative estimate of drug-likeness (QED) is 0.686. The minimum absolute atomic E-state index is 0.0122. The molecule has 0 saturated carbocycles. The first-order valence-corrected chi connectivity index (χ1v) is 6.21. The van der Waals surface area contributed by atoms with Crippen LogP contribution in [0.3, 0.4) is 0 Å². The molecule has 1 heterocycles. The first-order valence-electron chi connectivity index (χ1n) is 6.21. The van der Waals surface area contributed by atoms with E-state index in [4.69, 9.17) is 9.84 Å². The van der Waals surface area contributed by atoms with Crippen molar-refractivity contribution in [3.8, 4) is 0 Å². The van der Waals surface area contributed by atoms with Crippen LogP contribution in [0.25, 0.3) is 0 Å². The molecule has 1 fully saturated rings. The van der Waals surface area contributed by atoms with Gasteiger partial charge in [0, 0.05) is 25.9 Å². The Morgan fingerprint density at radius 3 is 2.74 bits per heavy atom. The predicted molar refractivity (Wildman–Crippen MR) is 64.4 cm³/mol. The number of esters is 1. The lowest BCUT2D eigenvalue weighted by Gasteiger charge is -2.32. The molecule has 1 aliphatic rings. The van der Waals surface area contributed by atoms with Gasteiger partial charge in [0.2, 0.25) is 5.91 Å². The van der Waals surface area contributed by atoms with E-state index in [-0.39, 0.29) is 37.2 Å². The number of ether oxygens (including phenoxy) is 2. The van der Waals surface area contributed by atoms with Crippen molar-refractivity contribution in [1.82, 2.24) is 4.90 Å². The van der Waals surface area contributed by atoms with Crippen molar-refractivity contribution in [2.75, 3.05) is 26.8 Å². The van der Waals surface area contributed by atoms with Crippen LogP contribution in [0.4, 0.5) is 0 Å². The van der Waals surface area contributed by atoms with E-state index in [1.165, 1.54) is 7.11 Å². The van der Waals surface area contributed by atoms with Crippen molar-refractivity contribution in [1.29, 1.82) is 0 Å².